The van der Waals surface area contributed by atoms with Crippen molar-refractivity contribution in [2.24, 2.45) is 0 Å². The van der Waals surface area contributed by atoms with E-state index in [0.717, 1.165) is 29.5 Å². The van der Waals surface area contributed by atoms with Crippen LogP contribution in [0.25, 0.3) is 0 Å². The maximum absolute atomic E-state index is 12.1. The SMILES string of the molecule is CSc1cccc(NC(=O)NCc2nccc(N3CCOCC3)n2)c1. The van der Waals surface area contributed by atoms with Crippen LogP contribution < -0.4 is 15.5 Å². The van der Waals surface area contributed by atoms with Crippen LogP contribution in [-0.2, 0) is 11.3 Å². The Morgan fingerprint density at radius 3 is 2.96 bits per heavy atom. The summed E-state index contributed by atoms with van der Waals surface area (Å²) < 4.78 is 5.35. The Kier molecular flexibility index (Phi) is 6.08. The fraction of sp³-hybridized carbons (Fsp3) is 0.353. The molecule has 0 radical (unpaired) electrons. The summed E-state index contributed by atoms with van der Waals surface area (Å²) in [6.45, 7) is 3.31. The molecular weight excluding hydrogens is 338 g/mol. The van der Waals surface area contributed by atoms with Crippen LogP contribution in [0, 0.1) is 0 Å². The first-order valence-electron chi connectivity index (χ1n) is 8.08. The summed E-state index contributed by atoms with van der Waals surface area (Å²) in [5, 5.41) is 5.61. The Bertz CT molecular complexity index is 722. The summed E-state index contributed by atoms with van der Waals surface area (Å²) in [6, 6.07) is 9.30. The van der Waals surface area contributed by atoms with Gasteiger partial charge in [-0.3, -0.25) is 0 Å². The van der Waals surface area contributed by atoms with Crippen molar-refractivity contribution < 1.29 is 9.53 Å². The molecule has 2 amide bonds. The third-order valence-corrected chi connectivity index (χ3v) is 4.49. The number of carbonyl (C=O) groups excluding carboxylic acids is 1. The van der Waals surface area contributed by atoms with E-state index >= 15 is 0 Å². The van der Waals surface area contributed by atoms with E-state index in [9.17, 15) is 4.79 Å². The van der Waals surface area contributed by atoms with Crippen LogP contribution in [0.4, 0.5) is 16.3 Å². The van der Waals surface area contributed by atoms with Crippen molar-refractivity contribution >= 4 is 29.3 Å². The number of morpholine rings is 1. The van der Waals surface area contributed by atoms with Crippen LogP contribution in [0.1, 0.15) is 5.82 Å². The third kappa shape index (κ3) is 5.07. The summed E-state index contributed by atoms with van der Waals surface area (Å²) in [6.07, 6.45) is 3.71. The highest BCUT2D eigenvalue weighted by Gasteiger charge is 2.13. The van der Waals surface area contributed by atoms with Gasteiger partial charge < -0.3 is 20.3 Å². The number of hydrogen-bond acceptors (Lipinski definition) is 6. The van der Waals surface area contributed by atoms with Crippen molar-refractivity contribution in [3.05, 3.63) is 42.4 Å². The molecule has 0 unspecified atom stereocenters. The molecule has 1 saturated heterocycles. The van der Waals surface area contributed by atoms with Gasteiger partial charge in [0.05, 0.1) is 19.8 Å². The van der Waals surface area contributed by atoms with Gasteiger partial charge in [0.15, 0.2) is 0 Å². The Labute approximate surface area is 151 Å². The molecule has 1 aliphatic rings. The zero-order valence-corrected chi connectivity index (χ0v) is 14.9. The number of amides is 2. The van der Waals surface area contributed by atoms with Crippen molar-refractivity contribution in [2.45, 2.75) is 11.4 Å². The first kappa shape index (κ1) is 17.5. The van der Waals surface area contributed by atoms with Crippen molar-refractivity contribution in [1.82, 2.24) is 15.3 Å². The summed E-state index contributed by atoms with van der Waals surface area (Å²) in [7, 11) is 0. The number of benzene rings is 1. The molecule has 25 heavy (non-hydrogen) atoms. The van der Waals surface area contributed by atoms with Gasteiger partial charge in [-0.05, 0) is 30.5 Å². The molecule has 7 nitrogen and oxygen atoms in total. The highest BCUT2D eigenvalue weighted by Crippen LogP contribution is 2.18. The van der Waals surface area contributed by atoms with Gasteiger partial charge in [-0.2, -0.15) is 0 Å². The number of anilines is 2. The molecule has 0 saturated carbocycles. The number of nitrogens with one attached hydrogen (secondary N) is 2. The monoisotopic (exact) mass is 359 g/mol. The predicted molar refractivity (Wildman–Crippen MR) is 99.1 cm³/mol. The van der Waals surface area contributed by atoms with Crippen molar-refractivity contribution in [2.75, 3.05) is 42.8 Å². The highest BCUT2D eigenvalue weighted by atomic mass is 32.2. The number of nitrogens with zero attached hydrogens (tertiary/aromatic N) is 3. The van der Waals surface area contributed by atoms with Crippen LogP contribution in [0.2, 0.25) is 0 Å². The number of carbonyl (C=O) groups is 1. The van der Waals surface area contributed by atoms with E-state index < -0.39 is 0 Å². The second kappa shape index (κ2) is 8.68. The molecule has 8 heteroatoms. The van der Waals surface area contributed by atoms with Gasteiger partial charge in [0.25, 0.3) is 0 Å². The van der Waals surface area contributed by atoms with E-state index in [1.54, 1.807) is 18.0 Å². The Hall–Kier alpha value is -2.32. The van der Waals surface area contributed by atoms with Gasteiger partial charge in [0, 0.05) is 29.9 Å². The van der Waals surface area contributed by atoms with Gasteiger partial charge in [0.1, 0.15) is 11.6 Å². The molecule has 0 aliphatic carbocycles. The fourth-order valence-electron chi connectivity index (χ4n) is 2.48. The lowest BCUT2D eigenvalue weighted by Gasteiger charge is -2.27. The second-order valence-corrected chi connectivity index (χ2v) is 6.35. The first-order chi connectivity index (χ1) is 12.2. The van der Waals surface area contributed by atoms with Gasteiger partial charge in [-0.1, -0.05) is 6.07 Å². The molecule has 1 fully saturated rings. The molecule has 3 rings (SSSR count). The van der Waals surface area contributed by atoms with Gasteiger partial charge in [-0.15, -0.1) is 11.8 Å². The minimum absolute atomic E-state index is 0.270. The molecule has 1 aliphatic heterocycles. The quantitative estimate of drug-likeness (QED) is 0.798. The standard InChI is InChI=1S/C17H21N5O2S/c1-25-14-4-2-3-13(11-14)20-17(23)19-12-15-18-6-5-16(21-15)22-7-9-24-10-8-22/h2-6,11H,7-10,12H2,1H3,(H2,19,20,23). The molecule has 132 valence electrons. The number of ether oxygens (including phenoxy) is 1. The largest absolute Gasteiger partial charge is 0.378 e. The molecule has 0 spiro atoms. The van der Waals surface area contributed by atoms with E-state index in [-0.39, 0.29) is 12.6 Å². The van der Waals surface area contributed by atoms with Crippen LogP contribution in [0.15, 0.2) is 41.4 Å². The van der Waals surface area contributed by atoms with Crippen LogP contribution >= 0.6 is 11.8 Å². The summed E-state index contributed by atoms with van der Waals surface area (Å²) in [5.74, 6) is 1.44. The van der Waals surface area contributed by atoms with Crippen LogP contribution in [0.3, 0.4) is 0 Å². The summed E-state index contributed by atoms with van der Waals surface area (Å²) >= 11 is 1.63. The van der Waals surface area contributed by atoms with E-state index in [1.165, 1.54) is 0 Å². The molecular formula is C17H21N5O2S. The predicted octanol–water partition coefficient (Wildman–Crippen LogP) is 2.36. The number of rotatable bonds is 5. The lowest BCUT2D eigenvalue weighted by atomic mass is 10.3. The molecule has 0 atom stereocenters. The maximum atomic E-state index is 12.1. The minimum Gasteiger partial charge on any atom is -0.378 e. The molecule has 1 aromatic heterocycles. The molecule has 1 aromatic carbocycles. The van der Waals surface area contributed by atoms with Gasteiger partial charge in [0.2, 0.25) is 0 Å². The lowest BCUT2D eigenvalue weighted by molar-refractivity contribution is 0.122. The van der Waals surface area contributed by atoms with Crippen LogP contribution in [0.5, 0.6) is 0 Å². The number of urea groups is 1. The maximum Gasteiger partial charge on any atom is 0.319 e. The van der Waals surface area contributed by atoms with Crippen molar-refractivity contribution in [3.63, 3.8) is 0 Å². The molecule has 2 N–H and O–H groups in total. The summed E-state index contributed by atoms with van der Waals surface area (Å²) in [4.78, 5) is 24.1. The van der Waals surface area contributed by atoms with Gasteiger partial charge >= 0.3 is 6.03 Å². The zero-order chi connectivity index (χ0) is 17.5. The average Bonchev–Trinajstić information content (AvgIpc) is 2.67. The average molecular weight is 359 g/mol. The van der Waals surface area contributed by atoms with E-state index in [2.05, 4.69) is 25.5 Å². The van der Waals surface area contributed by atoms with Gasteiger partial charge in [-0.25, -0.2) is 14.8 Å². The topological polar surface area (TPSA) is 79.4 Å². The number of thioether (sulfide) groups is 1. The summed E-state index contributed by atoms with van der Waals surface area (Å²) in [5.41, 5.74) is 0.757. The Morgan fingerprint density at radius 2 is 2.16 bits per heavy atom. The smallest absolute Gasteiger partial charge is 0.319 e. The third-order valence-electron chi connectivity index (χ3n) is 3.76. The zero-order valence-electron chi connectivity index (χ0n) is 14.1. The van der Waals surface area contributed by atoms with E-state index in [1.807, 2.05) is 36.6 Å². The highest BCUT2D eigenvalue weighted by molar-refractivity contribution is 7.98. The number of hydrogen-bond donors (Lipinski definition) is 2. The first-order valence-corrected chi connectivity index (χ1v) is 9.30. The fourth-order valence-corrected chi connectivity index (χ4v) is 2.94. The molecule has 0 bridgehead atoms. The normalized spacial score (nSPS) is 14.2. The van der Waals surface area contributed by atoms with E-state index in [0.29, 0.717) is 19.0 Å². The number of aromatic nitrogens is 2. The Morgan fingerprint density at radius 1 is 1.32 bits per heavy atom. The molecule has 2 heterocycles. The minimum atomic E-state index is -0.279. The van der Waals surface area contributed by atoms with E-state index in [4.69, 9.17) is 4.74 Å². The molecule has 2 aromatic rings. The lowest BCUT2D eigenvalue weighted by Crippen LogP contribution is -2.37. The van der Waals surface area contributed by atoms with Crippen molar-refractivity contribution in [1.29, 1.82) is 0 Å². The van der Waals surface area contributed by atoms with Crippen molar-refractivity contribution in [3.8, 4) is 0 Å². The second-order valence-electron chi connectivity index (χ2n) is 5.47. The Balaban J connectivity index is 1.54. The van der Waals surface area contributed by atoms with Crippen LogP contribution in [-0.4, -0.2) is 48.6 Å².